The Labute approximate surface area is 129 Å². The Hall–Kier alpha value is -1.87. The molecule has 0 aromatic heterocycles. The maximum Gasteiger partial charge on any atom is 0.243 e. The molecule has 0 fully saturated rings. The summed E-state index contributed by atoms with van der Waals surface area (Å²) in [6, 6.07) is 15.1. The molecule has 0 aliphatic carbocycles. The summed E-state index contributed by atoms with van der Waals surface area (Å²) in [4.78, 5) is 0.131. The zero-order chi connectivity index (χ0) is 15.5. The van der Waals surface area contributed by atoms with Gasteiger partial charge in [-0.2, -0.15) is 9.57 Å². The van der Waals surface area contributed by atoms with Gasteiger partial charge in [-0.1, -0.05) is 35.9 Å². The summed E-state index contributed by atoms with van der Waals surface area (Å²) in [6.07, 6.45) is 0. The van der Waals surface area contributed by atoms with Gasteiger partial charge in [-0.25, -0.2) is 8.42 Å². The molecule has 2 aromatic rings. The molecule has 4 nitrogen and oxygen atoms in total. The molecule has 6 heteroatoms. The lowest BCUT2D eigenvalue weighted by atomic mass is 10.1. The molecule has 0 unspecified atom stereocenters. The maximum atomic E-state index is 12.5. The number of nitrogens with zero attached hydrogens (tertiary/aromatic N) is 2. The van der Waals surface area contributed by atoms with E-state index in [4.69, 9.17) is 16.9 Å². The minimum atomic E-state index is -3.65. The Morgan fingerprint density at radius 3 is 2.57 bits per heavy atom. The van der Waals surface area contributed by atoms with Crippen LogP contribution >= 0.6 is 11.6 Å². The second kappa shape index (κ2) is 6.27. The number of sulfonamides is 1. The monoisotopic (exact) mass is 320 g/mol. The average Bonchev–Trinajstić information content (AvgIpc) is 2.47. The third-order valence-corrected chi connectivity index (χ3v) is 5.07. The van der Waals surface area contributed by atoms with Gasteiger partial charge in [0.15, 0.2) is 0 Å². The van der Waals surface area contributed by atoms with Crippen LogP contribution in [0, 0.1) is 11.3 Å². The molecule has 0 aliphatic rings. The van der Waals surface area contributed by atoms with Gasteiger partial charge in [-0.3, -0.25) is 0 Å². The van der Waals surface area contributed by atoms with E-state index in [-0.39, 0.29) is 11.4 Å². The van der Waals surface area contributed by atoms with Crippen LogP contribution < -0.4 is 0 Å². The van der Waals surface area contributed by atoms with Crippen LogP contribution in [-0.2, 0) is 16.6 Å². The lowest BCUT2D eigenvalue weighted by molar-refractivity contribution is 0.466. The maximum absolute atomic E-state index is 12.5. The lowest BCUT2D eigenvalue weighted by Crippen LogP contribution is -2.26. The van der Waals surface area contributed by atoms with Crippen molar-refractivity contribution in [2.75, 3.05) is 7.05 Å². The van der Waals surface area contributed by atoms with Crippen LogP contribution in [0.4, 0.5) is 0 Å². The van der Waals surface area contributed by atoms with E-state index in [0.29, 0.717) is 16.1 Å². The number of halogens is 1. The molecule has 0 amide bonds. The van der Waals surface area contributed by atoms with Crippen LogP contribution in [0.15, 0.2) is 53.4 Å². The zero-order valence-electron chi connectivity index (χ0n) is 11.3. The smallest absolute Gasteiger partial charge is 0.207 e. The van der Waals surface area contributed by atoms with Crippen LogP contribution in [0.1, 0.15) is 11.1 Å². The lowest BCUT2D eigenvalue weighted by Gasteiger charge is -2.18. The van der Waals surface area contributed by atoms with Gasteiger partial charge in [0.25, 0.3) is 0 Å². The third kappa shape index (κ3) is 3.42. The van der Waals surface area contributed by atoms with E-state index in [0.717, 1.165) is 0 Å². The first-order valence-electron chi connectivity index (χ1n) is 6.15. The predicted molar refractivity (Wildman–Crippen MR) is 81.3 cm³/mol. The third-order valence-electron chi connectivity index (χ3n) is 3.04. The summed E-state index contributed by atoms with van der Waals surface area (Å²) in [5, 5.41) is 9.42. The highest BCUT2D eigenvalue weighted by molar-refractivity contribution is 7.89. The van der Waals surface area contributed by atoms with Gasteiger partial charge in [0.1, 0.15) is 0 Å². The molecule has 0 aliphatic heterocycles. The SMILES string of the molecule is CN(Cc1ccccc1C#N)S(=O)(=O)c1cccc(Cl)c1. The van der Waals surface area contributed by atoms with Crippen LogP contribution in [0.2, 0.25) is 5.02 Å². The fraction of sp³-hybridized carbons (Fsp3) is 0.133. The van der Waals surface area contributed by atoms with Crippen molar-refractivity contribution in [1.29, 1.82) is 5.26 Å². The molecule has 0 N–H and O–H groups in total. The molecule has 0 atom stereocenters. The summed E-state index contributed by atoms with van der Waals surface area (Å²) >= 11 is 5.84. The van der Waals surface area contributed by atoms with Crippen molar-refractivity contribution in [3.63, 3.8) is 0 Å². The molecule has 0 radical (unpaired) electrons. The Morgan fingerprint density at radius 1 is 1.19 bits per heavy atom. The van der Waals surface area contributed by atoms with Gasteiger partial charge in [0.2, 0.25) is 10.0 Å². The van der Waals surface area contributed by atoms with Gasteiger partial charge >= 0.3 is 0 Å². The van der Waals surface area contributed by atoms with E-state index in [1.807, 2.05) is 0 Å². The molecule has 0 bridgehead atoms. The zero-order valence-corrected chi connectivity index (χ0v) is 12.9. The van der Waals surface area contributed by atoms with Gasteiger partial charge in [0.05, 0.1) is 16.5 Å². The van der Waals surface area contributed by atoms with E-state index < -0.39 is 10.0 Å². The molecule has 108 valence electrons. The van der Waals surface area contributed by atoms with E-state index >= 15 is 0 Å². The van der Waals surface area contributed by atoms with E-state index in [1.54, 1.807) is 36.4 Å². The Bertz CT molecular complexity index is 797. The molecular weight excluding hydrogens is 308 g/mol. The molecule has 0 saturated heterocycles. The van der Waals surface area contributed by atoms with Crippen molar-refractivity contribution in [3.8, 4) is 6.07 Å². The van der Waals surface area contributed by atoms with Gasteiger partial charge in [-0.15, -0.1) is 0 Å². The number of rotatable bonds is 4. The van der Waals surface area contributed by atoms with Crippen molar-refractivity contribution in [2.45, 2.75) is 11.4 Å². The number of benzene rings is 2. The van der Waals surface area contributed by atoms with Crippen LogP contribution in [-0.4, -0.2) is 19.8 Å². The van der Waals surface area contributed by atoms with Crippen molar-refractivity contribution in [1.82, 2.24) is 4.31 Å². The fourth-order valence-corrected chi connectivity index (χ4v) is 3.35. The topological polar surface area (TPSA) is 61.2 Å². The summed E-state index contributed by atoms with van der Waals surface area (Å²) in [6.45, 7) is 0.124. The van der Waals surface area contributed by atoms with E-state index in [1.165, 1.54) is 23.5 Å². The Balaban J connectivity index is 2.32. The Kier molecular flexibility index (Phi) is 4.63. The minimum Gasteiger partial charge on any atom is -0.207 e. The molecule has 2 aromatic carbocycles. The van der Waals surface area contributed by atoms with Gasteiger partial charge in [-0.05, 0) is 29.8 Å². The minimum absolute atomic E-state index is 0.124. The highest BCUT2D eigenvalue weighted by Gasteiger charge is 2.21. The van der Waals surface area contributed by atoms with Crippen molar-refractivity contribution >= 4 is 21.6 Å². The van der Waals surface area contributed by atoms with Crippen molar-refractivity contribution < 1.29 is 8.42 Å². The first-order valence-corrected chi connectivity index (χ1v) is 7.97. The number of nitriles is 1. The molecule has 0 heterocycles. The fourth-order valence-electron chi connectivity index (χ4n) is 1.90. The van der Waals surface area contributed by atoms with Gasteiger partial charge < -0.3 is 0 Å². The second-order valence-electron chi connectivity index (χ2n) is 4.49. The summed E-state index contributed by atoms with van der Waals surface area (Å²) < 4.78 is 26.1. The molecule has 21 heavy (non-hydrogen) atoms. The van der Waals surface area contributed by atoms with Crippen LogP contribution in [0.25, 0.3) is 0 Å². The average molecular weight is 321 g/mol. The molecule has 0 saturated carbocycles. The van der Waals surface area contributed by atoms with Crippen LogP contribution in [0.5, 0.6) is 0 Å². The van der Waals surface area contributed by atoms with E-state index in [2.05, 4.69) is 6.07 Å². The van der Waals surface area contributed by atoms with Gasteiger partial charge in [0, 0.05) is 18.6 Å². The molecule has 0 spiro atoms. The second-order valence-corrected chi connectivity index (χ2v) is 6.97. The largest absolute Gasteiger partial charge is 0.243 e. The van der Waals surface area contributed by atoms with Crippen molar-refractivity contribution in [3.05, 3.63) is 64.7 Å². The normalized spacial score (nSPS) is 11.3. The Morgan fingerprint density at radius 2 is 1.90 bits per heavy atom. The first-order chi connectivity index (χ1) is 9.95. The van der Waals surface area contributed by atoms with Crippen LogP contribution in [0.3, 0.4) is 0 Å². The number of hydrogen-bond acceptors (Lipinski definition) is 3. The summed E-state index contributed by atoms with van der Waals surface area (Å²) in [5.41, 5.74) is 1.12. The van der Waals surface area contributed by atoms with E-state index in [9.17, 15) is 8.42 Å². The summed E-state index contributed by atoms with van der Waals surface area (Å²) in [5.74, 6) is 0. The molecule has 2 rings (SSSR count). The quantitative estimate of drug-likeness (QED) is 0.870. The molecular formula is C15H13ClN2O2S. The highest BCUT2D eigenvalue weighted by Crippen LogP contribution is 2.21. The first kappa shape index (κ1) is 15.5. The predicted octanol–water partition coefficient (Wildman–Crippen LogP) is 3.03. The highest BCUT2D eigenvalue weighted by atomic mass is 35.5. The van der Waals surface area contributed by atoms with Crippen molar-refractivity contribution in [2.24, 2.45) is 0 Å². The summed E-state index contributed by atoms with van der Waals surface area (Å²) in [7, 11) is -2.17. The standard InChI is InChI=1S/C15H13ClN2O2S/c1-18(11-13-6-3-2-5-12(13)10-17)21(19,20)15-8-4-7-14(16)9-15/h2-9H,11H2,1H3. The number of hydrogen-bond donors (Lipinski definition) is 0.